The second kappa shape index (κ2) is 6.99. The van der Waals surface area contributed by atoms with E-state index in [4.69, 9.17) is 11.1 Å². The van der Waals surface area contributed by atoms with E-state index in [-0.39, 0.29) is 5.84 Å². The van der Waals surface area contributed by atoms with Crippen molar-refractivity contribution < 1.29 is 0 Å². The van der Waals surface area contributed by atoms with Crippen LogP contribution in [-0.4, -0.2) is 29.3 Å². The second-order valence-electron chi connectivity index (χ2n) is 5.36. The SMILES string of the molecule is Cc1cc(C(=N)N)ccc1CN(C)CCc1ccccn1. The van der Waals surface area contributed by atoms with Gasteiger partial charge in [-0.3, -0.25) is 10.4 Å². The first-order chi connectivity index (χ1) is 10.1. The zero-order valence-corrected chi connectivity index (χ0v) is 12.6. The second-order valence-corrected chi connectivity index (χ2v) is 5.36. The van der Waals surface area contributed by atoms with E-state index >= 15 is 0 Å². The third-order valence-electron chi connectivity index (χ3n) is 3.57. The molecule has 1 heterocycles. The number of nitrogen functional groups attached to an aromatic ring is 1. The largest absolute Gasteiger partial charge is 0.384 e. The summed E-state index contributed by atoms with van der Waals surface area (Å²) >= 11 is 0. The van der Waals surface area contributed by atoms with Crippen molar-refractivity contribution in [3.63, 3.8) is 0 Å². The molecule has 110 valence electrons. The van der Waals surface area contributed by atoms with Gasteiger partial charge < -0.3 is 10.6 Å². The molecule has 0 spiro atoms. The van der Waals surface area contributed by atoms with E-state index < -0.39 is 0 Å². The van der Waals surface area contributed by atoms with Crippen LogP contribution in [0.2, 0.25) is 0 Å². The van der Waals surface area contributed by atoms with Crippen LogP contribution in [0.25, 0.3) is 0 Å². The average Bonchev–Trinajstić information content (AvgIpc) is 2.48. The average molecular weight is 282 g/mol. The van der Waals surface area contributed by atoms with E-state index in [9.17, 15) is 0 Å². The Balaban J connectivity index is 1.93. The summed E-state index contributed by atoms with van der Waals surface area (Å²) in [5.74, 6) is 0.119. The molecule has 4 nitrogen and oxygen atoms in total. The zero-order valence-electron chi connectivity index (χ0n) is 12.6. The lowest BCUT2D eigenvalue weighted by molar-refractivity contribution is 0.329. The van der Waals surface area contributed by atoms with Crippen molar-refractivity contribution in [2.24, 2.45) is 5.73 Å². The molecule has 0 unspecified atom stereocenters. The summed E-state index contributed by atoms with van der Waals surface area (Å²) in [5.41, 5.74) is 9.86. The molecule has 0 saturated heterocycles. The smallest absolute Gasteiger partial charge is 0.122 e. The molecule has 0 aliphatic rings. The molecule has 21 heavy (non-hydrogen) atoms. The van der Waals surface area contributed by atoms with Gasteiger partial charge in [-0.15, -0.1) is 0 Å². The Morgan fingerprint density at radius 3 is 2.71 bits per heavy atom. The van der Waals surface area contributed by atoms with E-state index in [2.05, 4.69) is 36.0 Å². The Hall–Kier alpha value is -2.20. The number of hydrogen-bond donors (Lipinski definition) is 2. The number of amidine groups is 1. The molecule has 0 saturated carbocycles. The number of nitrogens with one attached hydrogen (secondary N) is 1. The number of likely N-dealkylation sites (N-methyl/N-ethyl adjacent to an activating group) is 1. The Kier molecular flexibility index (Phi) is 5.06. The molecule has 2 aromatic rings. The van der Waals surface area contributed by atoms with Gasteiger partial charge in [0.2, 0.25) is 0 Å². The number of benzene rings is 1. The normalized spacial score (nSPS) is 10.8. The van der Waals surface area contributed by atoms with Crippen molar-refractivity contribution in [2.45, 2.75) is 19.9 Å². The maximum Gasteiger partial charge on any atom is 0.122 e. The van der Waals surface area contributed by atoms with Gasteiger partial charge in [-0.1, -0.05) is 18.2 Å². The summed E-state index contributed by atoms with van der Waals surface area (Å²) < 4.78 is 0. The molecule has 0 amide bonds. The number of nitrogens with two attached hydrogens (primary N) is 1. The van der Waals surface area contributed by atoms with Gasteiger partial charge in [-0.2, -0.15) is 0 Å². The van der Waals surface area contributed by atoms with Crippen LogP contribution >= 0.6 is 0 Å². The number of rotatable bonds is 6. The van der Waals surface area contributed by atoms with Gasteiger partial charge in [0.15, 0.2) is 0 Å². The number of hydrogen-bond acceptors (Lipinski definition) is 3. The minimum absolute atomic E-state index is 0.119. The Morgan fingerprint density at radius 1 is 1.29 bits per heavy atom. The molecule has 0 aliphatic heterocycles. The van der Waals surface area contributed by atoms with Crippen LogP contribution in [0, 0.1) is 12.3 Å². The molecule has 1 aromatic carbocycles. The highest BCUT2D eigenvalue weighted by atomic mass is 15.1. The lowest BCUT2D eigenvalue weighted by Gasteiger charge is -2.18. The van der Waals surface area contributed by atoms with E-state index in [0.29, 0.717) is 0 Å². The highest BCUT2D eigenvalue weighted by molar-refractivity contribution is 5.95. The van der Waals surface area contributed by atoms with Crippen molar-refractivity contribution in [3.05, 3.63) is 65.0 Å². The van der Waals surface area contributed by atoms with Crippen molar-refractivity contribution in [1.82, 2.24) is 9.88 Å². The number of aromatic nitrogens is 1. The van der Waals surface area contributed by atoms with Crippen molar-refractivity contribution in [3.8, 4) is 0 Å². The third-order valence-corrected chi connectivity index (χ3v) is 3.57. The fraction of sp³-hybridized carbons (Fsp3) is 0.294. The predicted octanol–water partition coefficient (Wildman–Crippen LogP) is 2.35. The lowest BCUT2D eigenvalue weighted by atomic mass is 10.0. The molecule has 0 aliphatic carbocycles. The van der Waals surface area contributed by atoms with Gasteiger partial charge in [0.05, 0.1) is 0 Å². The van der Waals surface area contributed by atoms with Crippen LogP contribution in [0.1, 0.15) is 22.4 Å². The number of aryl methyl sites for hydroxylation is 1. The molecule has 0 radical (unpaired) electrons. The molecule has 4 heteroatoms. The first-order valence-electron chi connectivity index (χ1n) is 7.08. The summed E-state index contributed by atoms with van der Waals surface area (Å²) in [4.78, 5) is 6.62. The monoisotopic (exact) mass is 282 g/mol. The van der Waals surface area contributed by atoms with E-state index in [1.165, 1.54) is 11.1 Å². The van der Waals surface area contributed by atoms with E-state index in [0.717, 1.165) is 30.8 Å². The molecule has 2 rings (SSSR count). The first kappa shape index (κ1) is 15.2. The van der Waals surface area contributed by atoms with Crippen LogP contribution < -0.4 is 5.73 Å². The Bertz CT molecular complexity index is 607. The quantitative estimate of drug-likeness (QED) is 0.631. The van der Waals surface area contributed by atoms with Crippen molar-refractivity contribution >= 4 is 5.84 Å². The van der Waals surface area contributed by atoms with Gasteiger partial charge in [-0.25, -0.2) is 0 Å². The molecular weight excluding hydrogens is 260 g/mol. The highest BCUT2D eigenvalue weighted by Crippen LogP contribution is 2.13. The topological polar surface area (TPSA) is 66.0 Å². The summed E-state index contributed by atoms with van der Waals surface area (Å²) in [5, 5.41) is 7.47. The van der Waals surface area contributed by atoms with Crippen molar-refractivity contribution in [2.75, 3.05) is 13.6 Å². The Morgan fingerprint density at radius 2 is 2.10 bits per heavy atom. The molecule has 0 bridgehead atoms. The maximum atomic E-state index is 7.47. The molecule has 0 atom stereocenters. The Labute approximate surface area is 126 Å². The van der Waals surface area contributed by atoms with Gasteiger partial charge >= 0.3 is 0 Å². The van der Waals surface area contributed by atoms with E-state index in [1.807, 2.05) is 30.5 Å². The minimum Gasteiger partial charge on any atom is -0.384 e. The summed E-state index contributed by atoms with van der Waals surface area (Å²) in [6.07, 6.45) is 2.78. The fourth-order valence-corrected chi connectivity index (χ4v) is 2.26. The van der Waals surface area contributed by atoms with E-state index in [1.54, 1.807) is 0 Å². The lowest BCUT2D eigenvalue weighted by Crippen LogP contribution is -2.21. The molecule has 0 fully saturated rings. The highest BCUT2D eigenvalue weighted by Gasteiger charge is 2.06. The van der Waals surface area contributed by atoms with Gasteiger partial charge in [0, 0.05) is 37.0 Å². The van der Waals surface area contributed by atoms with Crippen LogP contribution in [0.3, 0.4) is 0 Å². The summed E-state index contributed by atoms with van der Waals surface area (Å²) in [7, 11) is 2.11. The zero-order chi connectivity index (χ0) is 15.2. The first-order valence-corrected chi connectivity index (χ1v) is 7.08. The predicted molar refractivity (Wildman–Crippen MR) is 86.5 cm³/mol. The molecular formula is C17H22N4. The van der Waals surface area contributed by atoms with Gasteiger partial charge in [0.1, 0.15) is 5.84 Å². The summed E-state index contributed by atoms with van der Waals surface area (Å²) in [6.45, 7) is 3.91. The van der Waals surface area contributed by atoms with Crippen LogP contribution in [0.15, 0.2) is 42.6 Å². The fourth-order valence-electron chi connectivity index (χ4n) is 2.26. The maximum absolute atomic E-state index is 7.47. The standard InChI is InChI=1S/C17H22N4/c1-13-11-14(17(18)19)6-7-15(13)12-21(2)10-8-16-5-3-4-9-20-16/h3-7,9,11H,8,10,12H2,1-2H3,(H3,18,19). The van der Waals surface area contributed by atoms with Crippen LogP contribution in [-0.2, 0) is 13.0 Å². The summed E-state index contributed by atoms with van der Waals surface area (Å²) in [6, 6.07) is 12.0. The molecule has 3 N–H and O–H groups in total. The minimum atomic E-state index is 0.119. The van der Waals surface area contributed by atoms with Crippen molar-refractivity contribution in [1.29, 1.82) is 5.41 Å². The van der Waals surface area contributed by atoms with Gasteiger partial charge in [0.25, 0.3) is 0 Å². The van der Waals surface area contributed by atoms with Crippen LogP contribution in [0.5, 0.6) is 0 Å². The van der Waals surface area contributed by atoms with Crippen LogP contribution in [0.4, 0.5) is 0 Å². The third kappa shape index (κ3) is 4.39. The van der Waals surface area contributed by atoms with Gasteiger partial charge in [-0.05, 0) is 43.3 Å². The number of pyridine rings is 1. The molecule has 1 aromatic heterocycles. The number of nitrogens with zero attached hydrogens (tertiary/aromatic N) is 2.